The van der Waals surface area contributed by atoms with E-state index in [2.05, 4.69) is 4.74 Å². The maximum absolute atomic E-state index is 12.0. The van der Waals surface area contributed by atoms with Crippen LogP contribution in [0.4, 0.5) is 4.79 Å². The van der Waals surface area contributed by atoms with E-state index in [4.69, 9.17) is 20.8 Å². The third-order valence-electron chi connectivity index (χ3n) is 3.37. The zero-order valence-electron chi connectivity index (χ0n) is 14.1. The Morgan fingerprint density at radius 1 is 1.33 bits per heavy atom. The number of amides is 1. The number of carbonyl (C=O) groups is 2. The number of halogens is 1. The van der Waals surface area contributed by atoms with Gasteiger partial charge in [0.2, 0.25) is 0 Å². The lowest BCUT2D eigenvalue weighted by Crippen LogP contribution is -2.39. The lowest BCUT2D eigenvalue weighted by Gasteiger charge is -2.29. The molecular formula is C17H22ClNO5. The molecule has 1 aliphatic rings. The average Bonchev–Trinajstić information content (AvgIpc) is 2.94. The molecule has 0 saturated heterocycles. The van der Waals surface area contributed by atoms with Crippen LogP contribution in [-0.2, 0) is 20.7 Å². The van der Waals surface area contributed by atoms with E-state index < -0.39 is 11.6 Å². The van der Waals surface area contributed by atoms with Crippen LogP contribution in [0, 0.1) is 0 Å². The van der Waals surface area contributed by atoms with Gasteiger partial charge in [0.05, 0.1) is 0 Å². The van der Waals surface area contributed by atoms with Crippen LogP contribution in [0.5, 0.6) is 0 Å². The van der Waals surface area contributed by atoms with Gasteiger partial charge in [-0.1, -0.05) is 17.7 Å². The van der Waals surface area contributed by atoms with Gasteiger partial charge in [0.25, 0.3) is 0 Å². The molecule has 1 aliphatic heterocycles. The molecule has 2 heterocycles. The molecule has 1 aromatic rings. The molecule has 1 aromatic heterocycles. The standard InChI is InChI=1S/C17H22ClNO5/c1-17(2,3)24-16(21)19-8-6-12(7-9-19)14-5-4-13(23-14)10-15(20)22-11-18/h4-6H,7-11H2,1-3H3. The topological polar surface area (TPSA) is 69.0 Å². The molecule has 0 atom stereocenters. The molecule has 0 bridgehead atoms. The molecule has 0 aromatic carbocycles. The highest BCUT2D eigenvalue weighted by Gasteiger charge is 2.24. The number of ether oxygens (including phenoxy) is 2. The van der Waals surface area contributed by atoms with Crippen molar-refractivity contribution >= 4 is 29.2 Å². The molecule has 0 aliphatic carbocycles. The molecule has 7 heteroatoms. The summed E-state index contributed by atoms with van der Waals surface area (Å²) >= 11 is 5.34. The number of rotatable bonds is 4. The van der Waals surface area contributed by atoms with Gasteiger partial charge in [-0.2, -0.15) is 0 Å². The number of furan rings is 1. The third kappa shape index (κ3) is 5.30. The summed E-state index contributed by atoms with van der Waals surface area (Å²) in [6, 6.07) is 3.39. The smallest absolute Gasteiger partial charge is 0.410 e. The molecule has 132 valence electrons. The Kier molecular flexibility index (Phi) is 5.94. The molecule has 2 rings (SSSR count). The number of esters is 1. The summed E-state index contributed by atoms with van der Waals surface area (Å²) in [5.74, 6) is 0.794. The Labute approximate surface area is 146 Å². The van der Waals surface area contributed by atoms with Gasteiger partial charge in [0, 0.05) is 13.1 Å². The Hall–Kier alpha value is -1.95. The highest BCUT2D eigenvalue weighted by atomic mass is 35.5. The van der Waals surface area contributed by atoms with Crippen molar-refractivity contribution in [2.75, 3.05) is 19.2 Å². The Bertz CT molecular complexity index is 629. The van der Waals surface area contributed by atoms with Crippen molar-refractivity contribution in [3.05, 3.63) is 29.7 Å². The third-order valence-corrected chi connectivity index (χ3v) is 3.48. The minimum atomic E-state index is -0.505. The summed E-state index contributed by atoms with van der Waals surface area (Å²) in [5.41, 5.74) is 0.501. The maximum atomic E-state index is 12.0. The van der Waals surface area contributed by atoms with Crippen molar-refractivity contribution in [1.82, 2.24) is 4.90 Å². The second-order valence-corrected chi connectivity index (χ2v) is 6.69. The van der Waals surface area contributed by atoms with Gasteiger partial charge < -0.3 is 18.8 Å². The van der Waals surface area contributed by atoms with Crippen molar-refractivity contribution < 1.29 is 23.5 Å². The summed E-state index contributed by atoms with van der Waals surface area (Å²) in [4.78, 5) is 25.1. The first-order valence-electron chi connectivity index (χ1n) is 7.76. The Morgan fingerprint density at radius 3 is 2.67 bits per heavy atom. The number of hydrogen-bond acceptors (Lipinski definition) is 5. The lowest BCUT2D eigenvalue weighted by molar-refractivity contribution is -0.141. The summed E-state index contributed by atoms with van der Waals surface area (Å²) in [6.45, 7) is 6.56. The van der Waals surface area contributed by atoms with Crippen LogP contribution < -0.4 is 0 Å². The number of alkyl halides is 1. The van der Waals surface area contributed by atoms with E-state index in [9.17, 15) is 9.59 Å². The quantitative estimate of drug-likeness (QED) is 0.610. The van der Waals surface area contributed by atoms with Crippen molar-refractivity contribution in [2.45, 2.75) is 39.2 Å². The van der Waals surface area contributed by atoms with Crippen LogP contribution >= 0.6 is 11.6 Å². The first-order valence-corrected chi connectivity index (χ1v) is 8.29. The predicted molar refractivity (Wildman–Crippen MR) is 89.6 cm³/mol. The van der Waals surface area contributed by atoms with Gasteiger partial charge in [-0.3, -0.25) is 4.79 Å². The van der Waals surface area contributed by atoms with E-state index in [0.29, 0.717) is 31.0 Å². The van der Waals surface area contributed by atoms with Crippen LogP contribution in [0.2, 0.25) is 0 Å². The fraction of sp³-hybridized carbons (Fsp3) is 0.529. The molecule has 0 N–H and O–H groups in total. The number of carbonyl (C=O) groups excluding carboxylic acids is 2. The van der Waals surface area contributed by atoms with Gasteiger partial charge in [-0.15, -0.1) is 0 Å². The molecular weight excluding hydrogens is 334 g/mol. The fourth-order valence-corrected chi connectivity index (χ4v) is 2.41. The zero-order valence-corrected chi connectivity index (χ0v) is 14.9. The Balaban J connectivity index is 1.94. The van der Waals surface area contributed by atoms with Crippen LogP contribution in [0.15, 0.2) is 22.6 Å². The van der Waals surface area contributed by atoms with Gasteiger partial charge in [0.15, 0.2) is 6.07 Å². The van der Waals surface area contributed by atoms with Gasteiger partial charge in [-0.25, -0.2) is 4.79 Å². The zero-order chi connectivity index (χ0) is 17.7. The van der Waals surface area contributed by atoms with Crippen LogP contribution in [0.3, 0.4) is 0 Å². The molecule has 0 unspecified atom stereocenters. The SMILES string of the molecule is CC(C)(C)OC(=O)N1CC=C(c2ccc(CC(=O)OCCl)o2)CC1. The summed E-state index contributed by atoms with van der Waals surface area (Å²) in [5, 5.41) is 0. The molecule has 0 spiro atoms. The summed E-state index contributed by atoms with van der Waals surface area (Å²) in [6.07, 6.45) is 2.33. The molecule has 0 fully saturated rings. The van der Waals surface area contributed by atoms with Gasteiger partial charge in [-0.05, 0) is 44.9 Å². The van der Waals surface area contributed by atoms with E-state index in [-0.39, 0.29) is 18.6 Å². The van der Waals surface area contributed by atoms with Crippen LogP contribution in [0.1, 0.15) is 38.7 Å². The lowest BCUT2D eigenvalue weighted by atomic mass is 10.1. The second-order valence-electron chi connectivity index (χ2n) is 6.47. The molecule has 0 radical (unpaired) electrons. The summed E-state index contributed by atoms with van der Waals surface area (Å²) < 4.78 is 15.7. The molecule has 0 saturated carbocycles. The monoisotopic (exact) mass is 355 g/mol. The summed E-state index contributed by atoms with van der Waals surface area (Å²) in [7, 11) is 0. The van der Waals surface area contributed by atoms with Crippen molar-refractivity contribution in [2.24, 2.45) is 0 Å². The van der Waals surface area contributed by atoms with Crippen molar-refractivity contribution in [3.8, 4) is 0 Å². The molecule has 1 amide bonds. The van der Waals surface area contributed by atoms with E-state index in [1.165, 1.54) is 0 Å². The van der Waals surface area contributed by atoms with E-state index in [0.717, 1.165) is 5.57 Å². The van der Waals surface area contributed by atoms with Crippen molar-refractivity contribution in [1.29, 1.82) is 0 Å². The van der Waals surface area contributed by atoms with Crippen LogP contribution in [0.25, 0.3) is 5.57 Å². The van der Waals surface area contributed by atoms with Gasteiger partial charge in [0.1, 0.15) is 23.5 Å². The largest absolute Gasteiger partial charge is 0.461 e. The van der Waals surface area contributed by atoms with E-state index >= 15 is 0 Å². The maximum Gasteiger partial charge on any atom is 0.410 e. The highest BCUT2D eigenvalue weighted by Crippen LogP contribution is 2.25. The van der Waals surface area contributed by atoms with Gasteiger partial charge >= 0.3 is 12.1 Å². The number of hydrogen-bond donors (Lipinski definition) is 0. The molecule has 6 nitrogen and oxygen atoms in total. The Morgan fingerprint density at radius 2 is 2.08 bits per heavy atom. The minimum absolute atomic E-state index is 0.0457. The normalized spacial score (nSPS) is 15.0. The first kappa shape index (κ1) is 18.4. The predicted octanol–water partition coefficient (Wildman–Crippen LogP) is 3.59. The molecule has 24 heavy (non-hydrogen) atoms. The number of nitrogens with zero attached hydrogens (tertiary/aromatic N) is 1. The average molecular weight is 356 g/mol. The first-order chi connectivity index (χ1) is 11.3. The minimum Gasteiger partial charge on any atom is -0.461 e. The highest BCUT2D eigenvalue weighted by molar-refractivity contribution is 6.17. The fourth-order valence-electron chi connectivity index (χ4n) is 2.28. The van der Waals surface area contributed by atoms with Crippen molar-refractivity contribution in [3.63, 3.8) is 0 Å². The van der Waals surface area contributed by atoms with Crippen LogP contribution in [-0.4, -0.2) is 41.7 Å². The van der Waals surface area contributed by atoms with E-state index in [1.54, 1.807) is 11.0 Å². The van der Waals surface area contributed by atoms with E-state index in [1.807, 2.05) is 32.9 Å². The second kappa shape index (κ2) is 7.75.